The molecule has 1 aromatic carbocycles. The maximum absolute atomic E-state index is 5.54. The molecule has 6 nitrogen and oxygen atoms in total. The number of morpholine rings is 1. The highest BCUT2D eigenvalue weighted by atomic mass is 16.5. The first-order chi connectivity index (χ1) is 15.2. The van der Waals surface area contributed by atoms with Gasteiger partial charge in [-0.25, -0.2) is 4.99 Å². The van der Waals surface area contributed by atoms with Crippen molar-refractivity contribution in [1.82, 2.24) is 20.0 Å². The Kier molecular flexibility index (Phi) is 8.22. The molecular formula is C25H41N5O. The average molecular weight is 428 g/mol. The number of benzene rings is 1. The van der Waals surface area contributed by atoms with Crippen LogP contribution in [0, 0.1) is 5.92 Å². The van der Waals surface area contributed by atoms with Gasteiger partial charge in [-0.15, -0.1) is 0 Å². The van der Waals surface area contributed by atoms with E-state index in [0.717, 1.165) is 70.9 Å². The topological polar surface area (TPSA) is 43.3 Å². The number of hydrogen-bond acceptors (Lipinski definition) is 4. The lowest BCUT2D eigenvalue weighted by Gasteiger charge is -2.32. The van der Waals surface area contributed by atoms with E-state index in [1.807, 2.05) is 0 Å². The summed E-state index contributed by atoms with van der Waals surface area (Å²) < 4.78 is 5.54. The van der Waals surface area contributed by atoms with E-state index in [2.05, 4.69) is 58.1 Å². The monoisotopic (exact) mass is 427 g/mol. The van der Waals surface area contributed by atoms with Crippen LogP contribution in [0.2, 0.25) is 0 Å². The van der Waals surface area contributed by atoms with Crippen LogP contribution in [0.15, 0.2) is 29.3 Å². The molecule has 0 saturated carbocycles. The maximum atomic E-state index is 5.54. The van der Waals surface area contributed by atoms with Crippen LogP contribution in [-0.4, -0.2) is 85.7 Å². The van der Waals surface area contributed by atoms with Crippen LogP contribution in [0.1, 0.15) is 44.2 Å². The molecule has 172 valence electrons. The van der Waals surface area contributed by atoms with Crippen molar-refractivity contribution in [3.63, 3.8) is 0 Å². The third kappa shape index (κ3) is 6.21. The fraction of sp³-hybridized carbons (Fsp3) is 0.720. The van der Waals surface area contributed by atoms with Crippen LogP contribution < -0.4 is 5.32 Å². The Morgan fingerprint density at radius 2 is 1.87 bits per heavy atom. The summed E-state index contributed by atoms with van der Waals surface area (Å²) >= 11 is 0. The van der Waals surface area contributed by atoms with Gasteiger partial charge in [-0.05, 0) is 49.8 Å². The van der Waals surface area contributed by atoms with Crippen molar-refractivity contribution in [3.8, 4) is 0 Å². The van der Waals surface area contributed by atoms with Crippen LogP contribution in [0.4, 0.5) is 0 Å². The number of likely N-dealkylation sites (tertiary alicyclic amines) is 2. The number of guanidine groups is 1. The smallest absolute Gasteiger partial charge is 0.194 e. The zero-order chi connectivity index (χ0) is 21.5. The van der Waals surface area contributed by atoms with Crippen LogP contribution in [0.3, 0.4) is 0 Å². The summed E-state index contributed by atoms with van der Waals surface area (Å²) in [6, 6.07) is 9.51. The summed E-state index contributed by atoms with van der Waals surface area (Å²) in [5, 5.41) is 3.55. The Morgan fingerprint density at radius 1 is 1.06 bits per heavy atom. The second-order valence-electron chi connectivity index (χ2n) is 9.46. The van der Waals surface area contributed by atoms with Crippen LogP contribution in [0.5, 0.6) is 0 Å². The molecule has 3 fully saturated rings. The minimum Gasteiger partial charge on any atom is -0.379 e. The summed E-state index contributed by atoms with van der Waals surface area (Å²) in [4.78, 5) is 12.8. The zero-order valence-electron chi connectivity index (χ0n) is 19.6. The standard InChI is InChI=1S/C25H41N5O/c1-3-26-25(30-12-10-24(20-30)29-13-15-31-16-14-29)27-17-22-8-4-5-9-23(22)19-28-11-6-7-21(2)18-28/h4-5,8-9,21,24H,3,6-7,10-20H2,1-2H3,(H,26,27). The van der Waals surface area contributed by atoms with Crippen molar-refractivity contribution >= 4 is 5.96 Å². The van der Waals surface area contributed by atoms with E-state index in [0.29, 0.717) is 6.04 Å². The van der Waals surface area contributed by atoms with Gasteiger partial charge in [0.2, 0.25) is 0 Å². The van der Waals surface area contributed by atoms with E-state index in [4.69, 9.17) is 9.73 Å². The summed E-state index contributed by atoms with van der Waals surface area (Å²) in [6.45, 7) is 15.7. The van der Waals surface area contributed by atoms with Crippen molar-refractivity contribution in [1.29, 1.82) is 0 Å². The fourth-order valence-corrected chi connectivity index (χ4v) is 5.30. The molecule has 0 bridgehead atoms. The van der Waals surface area contributed by atoms with Crippen LogP contribution >= 0.6 is 0 Å². The third-order valence-corrected chi connectivity index (χ3v) is 7.01. The maximum Gasteiger partial charge on any atom is 0.194 e. The van der Waals surface area contributed by atoms with Crippen LogP contribution in [0.25, 0.3) is 0 Å². The van der Waals surface area contributed by atoms with Crippen molar-refractivity contribution < 1.29 is 4.74 Å². The quantitative estimate of drug-likeness (QED) is 0.559. The number of ether oxygens (including phenoxy) is 1. The molecule has 0 radical (unpaired) electrons. The van der Waals surface area contributed by atoms with Gasteiger partial charge in [-0.1, -0.05) is 31.2 Å². The summed E-state index contributed by atoms with van der Waals surface area (Å²) in [5.74, 6) is 1.88. The zero-order valence-corrected chi connectivity index (χ0v) is 19.6. The fourth-order valence-electron chi connectivity index (χ4n) is 5.30. The second-order valence-corrected chi connectivity index (χ2v) is 9.46. The largest absolute Gasteiger partial charge is 0.379 e. The number of nitrogens with one attached hydrogen (secondary N) is 1. The normalized spacial score (nSPS) is 26.4. The molecule has 0 spiro atoms. The predicted molar refractivity (Wildman–Crippen MR) is 127 cm³/mol. The summed E-state index contributed by atoms with van der Waals surface area (Å²) in [7, 11) is 0. The average Bonchev–Trinajstić information content (AvgIpc) is 3.28. The Morgan fingerprint density at radius 3 is 2.65 bits per heavy atom. The molecule has 3 heterocycles. The highest BCUT2D eigenvalue weighted by molar-refractivity contribution is 5.80. The minimum absolute atomic E-state index is 0.626. The van der Waals surface area contributed by atoms with Gasteiger partial charge in [0.1, 0.15) is 0 Å². The van der Waals surface area contributed by atoms with Gasteiger partial charge in [0.15, 0.2) is 5.96 Å². The number of aliphatic imine (C=N–C) groups is 1. The highest BCUT2D eigenvalue weighted by Gasteiger charge is 2.30. The first-order valence-electron chi connectivity index (χ1n) is 12.4. The molecule has 31 heavy (non-hydrogen) atoms. The van der Waals surface area contributed by atoms with E-state index in [1.165, 1.54) is 43.5 Å². The van der Waals surface area contributed by atoms with E-state index >= 15 is 0 Å². The number of piperidine rings is 1. The predicted octanol–water partition coefficient (Wildman–Crippen LogP) is 2.79. The summed E-state index contributed by atoms with van der Waals surface area (Å²) in [5.41, 5.74) is 2.80. The van der Waals surface area contributed by atoms with E-state index in [1.54, 1.807) is 0 Å². The molecule has 2 unspecified atom stereocenters. The van der Waals surface area contributed by atoms with Crippen molar-refractivity contribution in [2.45, 2.75) is 52.2 Å². The first-order valence-corrected chi connectivity index (χ1v) is 12.4. The molecule has 3 aliphatic rings. The third-order valence-electron chi connectivity index (χ3n) is 7.01. The molecule has 2 atom stereocenters. The Bertz CT molecular complexity index is 718. The first kappa shape index (κ1) is 22.6. The number of hydrogen-bond donors (Lipinski definition) is 1. The molecule has 3 aliphatic heterocycles. The van der Waals surface area contributed by atoms with E-state index < -0.39 is 0 Å². The van der Waals surface area contributed by atoms with Gasteiger partial charge < -0.3 is 15.0 Å². The van der Waals surface area contributed by atoms with Crippen molar-refractivity contribution in [3.05, 3.63) is 35.4 Å². The number of rotatable bonds is 6. The van der Waals surface area contributed by atoms with Gasteiger partial charge in [0.05, 0.1) is 19.8 Å². The Labute approximate surface area is 188 Å². The van der Waals surface area contributed by atoms with Gasteiger partial charge in [0, 0.05) is 51.9 Å². The molecule has 6 heteroatoms. The van der Waals surface area contributed by atoms with Crippen molar-refractivity contribution in [2.24, 2.45) is 10.9 Å². The van der Waals surface area contributed by atoms with Gasteiger partial charge >= 0.3 is 0 Å². The molecule has 0 aromatic heterocycles. The Balaban J connectivity index is 1.39. The Hall–Kier alpha value is -1.63. The summed E-state index contributed by atoms with van der Waals surface area (Å²) in [6.07, 6.45) is 3.91. The van der Waals surface area contributed by atoms with E-state index in [9.17, 15) is 0 Å². The SMILES string of the molecule is CCNC(=NCc1ccccc1CN1CCCC(C)C1)N1CCC(N2CCOCC2)C1. The van der Waals surface area contributed by atoms with Gasteiger partial charge in [0.25, 0.3) is 0 Å². The molecule has 4 rings (SSSR count). The lowest BCUT2D eigenvalue weighted by molar-refractivity contribution is 0.0195. The lowest BCUT2D eigenvalue weighted by Crippen LogP contribution is -2.46. The van der Waals surface area contributed by atoms with Gasteiger partial charge in [-0.3, -0.25) is 9.80 Å². The molecule has 1 N–H and O–H groups in total. The molecule has 3 saturated heterocycles. The second kappa shape index (κ2) is 11.3. The van der Waals surface area contributed by atoms with E-state index in [-0.39, 0.29) is 0 Å². The molecule has 1 aromatic rings. The molecule has 0 amide bonds. The minimum atomic E-state index is 0.626. The van der Waals surface area contributed by atoms with Crippen LogP contribution in [-0.2, 0) is 17.8 Å². The number of nitrogens with zero attached hydrogens (tertiary/aromatic N) is 4. The lowest BCUT2D eigenvalue weighted by atomic mass is 9.99. The van der Waals surface area contributed by atoms with Gasteiger partial charge in [-0.2, -0.15) is 0 Å². The van der Waals surface area contributed by atoms with Crippen molar-refractivity contribution in [2.75, 3.05) is 59.0 Å². The molecule has 0 aliphatic carbocycles. The highest BCUT2D eigenvalue weighted by Crippen LogP contribution is 2.21. The molecular weight excluding hydrogens is 386 g/mol.